The first kappa shape index (κ1) is 14.7. The summed E-state index contributed by atoms with van der Waals surface area (Å²) in [6.07, 6.45) is 2.37. The number of nitrogens with zero attached hydrogens (tertiary/aromatic N) is 2. The van der Waals surface area contributed by atoms with E-state index in [0.717, 1.165) is 12.0 Å². The van der Waals surface area contributed by atoms with Crippen LogP contribution in [0.1, 0.15) is 41.0 Å². The van der Waals surface area contributed by atoms with Crippen molar-refractivity contribution in [3.63, 3.8) is 0 Å². The summed E-state index contributed by atoms with van der Waals surface area (Å²) in [6.45, 7) is 9.56. The summed E-state index contributed by atoms with van der Waals surface area (Å²) in [6, 6.07) is -0.993. The van der Waals surface area contributed by atoms with Crippen molar-refractivity contribution in [2.24, 2.45) is 16.7 Å². The normalized spacial score (nSPS) is 30.8. The maximum Gasteiger partial charge on any atom is 0.275 e. The largest absolute Gasteiger partial charge is 0.275 e. The molecule has 2 unspecified atom stereocenters. The molecule has 1 saturated carbocycles. The van der Waals surface area contributed by atoms with E-state index in [0.29, 0.717) is 0 Å². The molecule has 2 rings (SSSR count). The SMILES string of the molecule is CC1=C([N+](=O)[O-])C=C2C(C1[N+](=O)[O-])C(C)(C)CC2(C)C. The zero-order valence-corrected chi connectivity index (χ0v) is 12.5. The van der Waals surface area contributed by atoms with Crippen molar-refractivity contribution in [3.05, 3.63) is 43.1 Å². The van der Waals surface area contributed by atoms with E-state index < -0.39 is 11.0 Å². The highest BCUT2D eigenvalue weighted by Gasteiger charge is 2.58. The lowest BCUT2D eigenvalue weighted by molar-refractivity contribution is -0.525. The average Bonchev–Trinajstić information content (AvgIpc) is 2.42. The molecule has 6 nitrogen and oxygen atoms in total. The quantitative estimate of drug-likeness (QED) is 0.574. The second-order valence-corrected chi connectivity index (χ2v) is 7.18. The number of nitro groups is 2. The van der Waals surface area contributed by atoms with Crippen LogP contribution in [-0.4, -0.2) is 15.9 Å². The monoisotopic (exact) mass is 280 g/mol. The van der Waals surface area contributed by atoms with Crippen LogP contribution in [0, 0.1) is 37.0 Å². The molecule has 0 spiro atoms. The van der Waals surface area contributed by atoms with E-state index in [1.165, 1.54) is 6.92 Å². The Kier molecular flexibility index (Phi) is 3.04. The van der Waals surface area contributed by atoms with Crippen LogP contribution >= 0.6 is 0 Å². The molecule has 6 heteroatoms. The molecule has 0 bridgehead atoms. The fraction of sp³-hybridized carbons (Fsp3) is 0.714. The summed E-state index contributed by atoms with van der Waals surface area (Å²) in [7, 11) is 0. The summed E-state index contributed by atoms with van der Waals surface area (Å²) < 4.78 is 0. The van der Waals surface area contributed by atoms with Crippen LogP contribution < -0.4 is 0 Å². The van der Waals surface area contributed by atoms with Gasteiger partial charge in [0.15, 0.2) is 0 Å². The molecule has 0 aliphatic heterocycles. The van der Waals surface area contributed by atoms with Crippen molar-refractivity contribution in [2.75, 3.05) is 0 Å². The summed E-state index contributed by atoms with van der Waals surface area (Å²) >= 11 is 0. The minimum atomic E-state index is -0.993. The van der Waals surface area contributed by atoms with Crippen LogP contribution in [0.4, 0.5) is 0 Å². The first-order valence-electron chi connectivity index (χ1n) is 6.70. The second kappa shape index (κ2) is 4.14. The number of rotatable bonds is 2. The van der Waals surface area contributed by atoms with Gasteiger partial charge in [0.1, 0.15) is 0 Å². The van der Waals surface area contributed by atoms with Crippen LogP contribution in [0.3, 0.4) is 0 Å². The van der Waals surface area contributed by atoms with Crippen molar-refractivity contribution < 1.29 is 9.85 Å². The van der Waals surface area contributed by atoms with Gasteiger partial charge in [-0.1, -0.05) is 27.7 Å². The molecule has 0 aromatic heterocycles. The molecule has 2 aliphatic carbocycles. The third-order valence-electron chi connectivity index (χ3n) is 4.74. The molecule has 0 aromatic carbocycles. The van der Waals surface area contributed by atoms with E-state index in [1.807, 2.05) is 27.7 Å². The fourth-order valence-corrected chi connectivity index (χ4v) is 4.21. The molecule has 0 saturated heterocycles. The van der Waals surface area contributed by atoms with Crippen molar-refractivity contribution >= 4 is 0 Å². The Bertz CT molecular complexity index is 558. The first-order valence-corrected chi connectivity index (χ1v) is 6.70. The molecule has 0 heterocycles. The molecule has 2 atom stereocenters. The van der Waals surface area contributed by atoms with Gasteiger partial charge >= 0.3 is 0 Å². The predicted molar refractivity (Wildman–Crippen MR) is 74.2 cm³/mol. The fourth-order valence-electron chi connectivity index (χ4n) is 4.21. The summed E-state index contributed by atoms with van der Waals surface area (Å²) in [5.41, 5.74) is 0.519. The van der Waals surface area contributed by atoms with Gasteiger partial charge in [-0.25, -0.2) is 0 Å². The maximum atomic E-state index is 11.5. The minimum absolute atomic E-state index is 0.108. The van der Waals surface area contributed by atoms with Gasteiger partial charge in [0.2, 0.25) is 6.04 Å². The number of hydrogen-bond donors (Lipinski definition) is 0. The van der Waals surface area contributed by atoms with E-state index in [2.05, 4.69) is 0 Å². The van der Waals surface area contributed by atoms with Crippen molar-refractivity contribution in [2.45, 2.75) is 47.1 Å². The topological polar surface area (TPSA) is 86.3 Å². The standard InChI is InChI=1S/C14H20N2O4/c1-8-10(15(17)18)6-9-11(12(8)16(19)20)14(4,5)7-13(9,2)3/h6,11-12H,7H2,1-5H3. The number of allylic oxidation sites excluding steroid dienone is 1. The van der Waals surface area contributed by atoms with Gasteiger partial charge in [0.05, 0.1) is 16.4 Å². The van der Waals surface area contributed by atoms with Gasteiger partial charge in [-0.05, 0) is 29.7 Å². The second-order valence-electron chi connectivity index (χ2n) is 7.18. The lowest BCUT2D eigenvalue weighted by Crippen LogP contribution is -2.40. The Balaban J connectivity index is 2.69. The van der Waals surface area contributed by atoms with Crippen LogP contribution in [0.5, 0.6) is 0 Å². The van der Waals surface area contributed by atoms with Crippen LogP contribution in [0.25, 0.3) is 0 Å². The van der Waals surface area contributed by atoms with E-state index in [9.17, 15) is 20.2 Å². The molecule has 0 radical (unpaired) electrons. The van der Waals surface area contributed by atoms with E-state index in [4.69, 9.17) is 0 Å². The Labute approximate surface area is 117 Å². The highest BCUT2D eigenvalue weighted by Crippen LogP contribution is 2.60. The Morgan fingerprint density at radius 2 is 1.75 bits per heavy atom. The van der Waals surface area contributed by atoms with Crippen molar-refractivity contribution in [1.29, 1.82) is 0 Å². The average molecular weight is 280 g/mol. The number of hydrogen-bond acceptors (Lipinski definition) is 4. The molecule has 1 fully saturated rings. The smallest absolute Gasteiger partial charge is 0.264 e. The molecule has 0 amide bonds. The van der Waals surface area contributed by atoms with E-state index in [-0.39, 0.29) is 32.9 Å². The first-order chi connectivity index (χ1) is 8.99. The zero-order valence-electron chi connectivity index (χ0n) is 12.5. The van der Waals surface area contributed by atoms with Gasteiger partial charge < -0.3 is 0 Å². The Hall–Kier alpha value is -1.72. The minimum Gasteiger partial charge on any atom is -0.264 e. The van der Waals surface area contributed by atoms with Gasteiger partial charge in [-0.2, -0.15) is 0 Å². The zero-order chi connectivity index (χ0) is 15.5. The molecule has 20 heavy (non-hydrogen) atoms. The predicted octanol–water partition coefficient (Wildman–Crippen LogP) is 3.19. The number of fused-ring (bicyclic) bond motifs is 1. The lowest BCUT2D eigenvalue weighted by Gasteiger charge is -2.32. The summed E-state index contributed by atoms with van der Waals surface area (Å²) in [4.78, 5) is 21.8. The van der Waals surface area contributed by atoms with Gasteiger partial charge in [0.25, 0.3) is 5.70 Å². The highest BCUT2D eigenvalue weighted by molar-refractivity contribution is 5.40. The molecule has 110 valence electrons. The van der Waals surface area contributed by atoms with Gasteiger partial charge in [-0.15, -0.1) is 0 Å². The molecular formula is C14H20N2O4. The molecule has 0 N–H and O–H groups in total. The highest BCUT2D eigenvalue weighted by atomic mass is 16.6. The van der Waals surface area contributed by atoms with Crippen LogP contribution in [0.15, 0.2) is 22.9 Å². The molecule has 0 aromatic rings. The Morgan fingerprint density at radius 3 is 2.20 bits per heavy atom. The van der Waals surface area contributed by atoms with E-state index in [1.54, 1.807) is 6.08 Å². The summed E-state index contributed by atoms with van der Waals surface area (Å²) in [5.74, 6) is -0.267. The van der Waals surface area contributed by atoms with E-state index >= 15 is 0 Å². The Morgan fingerprint density at radius 1 is 1.20 bits per heavy atom. The molecule has 2 aliphatic rings. The van der Waals surface area contributed by atoms with Crippen LogP contribution in [0.2, 0.25) is 0 Å². The van der Waals surface area contributed by atoms with Crippen molar-refractivity contribution in [1.82, 2.24) is 0 Å². The maximum absolute atomic E-state index is 11.5. The van der Waals surface area contributed by atoms with Gasteiger partial charge in [-0.3, -0.25) is 20.2 Å². The van der Waals surface area contributed by atoms with Gasteiger partial charge in [0, 0.05) is 11.0 Å². The van der Waals surface area contributed by atoms with Crippen molar-refractivity contribution in [3.8, 4) is 0 Å². The summed E-state index contributed by atoms with van der Waals surface area (Å²) in [5, 5.41) is 22.7. The lowest BCUT2D eigenvalue weighted by atomic mass is 9.71. The third kappa shape index (κ3) is 1.94. The molecular weight excluding hydrogens is 260 g/mol. The third-order valence-corrected chi connectivity index (χ3v) is 4.74. The van der Waals surface area contributed by atoms with Crippen LogP contribution in [-0.2, 0) is 0 Å².